The molecule has 0 saturated heterocycles. The van der Waals surface area contributed by atoms with Gasteiger partial charge in [0, 0.05) is 12.6 Å². The fourth-order valence-electron chi connectivity index (χ4n) is 2.95. The van der Waals surface area contributed by atoms with E-state index in [4.69, 9.17) is 0 Å². The lowest BCUT2D eigenvalue weighted by Gasteiger charge is -2.19. The van der Waals surface area contributed by atoms with Crippen molar-refractivity contribution in [2.75, 3.05) is 6.54 Å². The highest BCUT2D eigenvalue weighted by Gasteiger charge is 2.30. The van der Waals surface area contributed by atoms with E-state index in [1.165, 1.54) is 12.1 Å². The maximum Gasteiger partial charge on any atom is 0.416 e. The van der Waals surface area contributed by atoms with Crippen LogP contribution in [0.15, 0.2) is 47.4 Å². The molecule has 1 aliphatic heterocycles. The first-order valence-corrected chi connectivity index (χ1v) is 9.67. The molecule has 0 unspecified atom stereocenters. The third kappa shape index (κ3) is 4.08. The normalized spacial score (nSPS) is 16.2. The zero-order valence-corrected chi connectivity index (χ0v) is 14.9. The van der Waals surface area contributed by atoms with Crippen molar-refractivity contribution in [2.24, 2.45) is 0 Å². The summed E-state index contributed by atoms with van der Waals surface area (Å²) in [6.45, 7) is 3.11. The smallest absolute Gasteiger partial charge is 0.312 e. The Balaban J connectivity index is 1.78. The summed E-state index contributed by atoms with van der Waals surface area (Å²) in [5.41, 5.74) is 1.77. The SMILES string of the molecule is C[C@H](NS(=O)(=O)c1ccc2c(c1)CCNC2)c1ccc(C(F)(F)F)cc1. The van der Waals surface area contributed by atoms with Crippen LogP contribution >= 0.6 is 0 Å². The molecule has 3 rings (SSSR count). The van der Waals surface area contributed by atoms with Crippen LogP contribution in [0.25, 0.3) is 0 Å². The molecule has 0 saturated carbocycles. The van der Waals surface area contributed by atoms with Gasteiger partial charge in [-0.05, 0) is 60.8 Å². The van der Waals surface area contributed by atoms with E-state index in [2.05, 4.69) is 10.0 Å². The maximum absolute atomic E-state index is 12.6. The molecule has 0 radical (unpaired) electrons. The second kappa shape index (κ2) is 7.02. The molecule has 1 atom stereocenters. The van der Waals surface area contributed by atoms with Gasteiger partial charge >= 0.3 is 6.18 Å². The predicted octanol–water partition coefficient (Wildman–Crippen LogP) is 3.39. The molecule has 0 bridgehead atoms. The second-order valence-corrected chi connectivity index (χ2v) is 8.03. The van der Waals surface area contributed by atoms with Crippen molar-refractivity contribution < 1.29 is 21.6 Å². The highest BCUT2D eigenvalue weighted by Crippen LogP contribution is 2.30. The first kappa shape index (κ1) is 18.9. The van der Waals surface area contributed by atoms with Gasteiger partial charge in [-0.1, -0.05) is 18.2 Å². The summed E-state index contributed by atoms with van der Waals surface area (Å²) in [6.07, 6.45) is -3.66. The molecule has 0 aliphatic carbocycles. The van der Waals surface area contributed by atoms with Crippen molar-refractivity contribution in [3.05, 3.63) is 64.7 Å². The minimum absolute atomic E-state index is 0.164. The zero-order valence-electron chi connectivity index (χ0n) is 14.1. The average molecular weight is 384 g/mol. The highest BCUT2D eigenvalue weighted by molar-refractivity contribution is 7.89. The van der Waals surface area contributed by atoms with Crippen LogP contribution in [-0.2, 0) is 29.2 Å². The van der Waals surface area contributed by atoms with Crippen molar-refractivity contribution in [3.8, 4) is 0 Å². The Morgan fingerprint density at radius 3 is 2.42 bits per heavy atom. The Kier molecular flexibility index (Phi) is 5.09. The summed E-state index contributed by atoms with van der Waals surface area (Å²) < 4.78 is 65.7. The largest absolute Gasteiger partial charge is 0.416 e. The van der Waals surface area contributed by atoms with Gasteiger partial charge in [-0.2, -0.15) is 13.2 Å². The van der Waals surface area contributed by atoms with Crippen LogP contribution in [0.5, 0.6) is 0 Å². The number of alkyl halides is 3. The molecule has 4 nitrogen and oxygen atoms in total. The second-order valence-electron chi connectivity index (χ2n) is 6.32. The number of halogens is 3. The van der Waals surface area contributed by atoms with Gasteiger partial charge in [0.25, 0.3) is 0 Å². The van der Waals surface area contributed by atoms with Crippen LogP contribution in [0.4, 0.5) is 13.2 Å². The minimum Gasteiger partial charge on any atom is -0.312 e. The number of sulfonamides is 1. The van der Waals surface area contributed by atoms with Gasteiger partial charge < -0.3 is 5.32 Å². The molecule has 0 spiro atoms. The Morgan fingerprint density at radius 1 is 1.08 bits per heavy atom. The van der Waals surface area contributed by atoms with E-state index >= 15 is 0 Å². The van der Waals surface area contributed by atoms with Gasteiger partial charge in [0.1, 0.15) is 0 Å². The average Bonchev–Trinajstić information content (AvgIpc) is 2.60. The van der Waals surface area contributed by atoms with E-state index < -0.39 is 27.8 Å². The molecule has 140 valence electrons. The fraction of sp³-hybridized carbons (Fsp3) is 0.333. The number of fused-ring (bicyclic) bond motifs is 1. The van der Waals surface area contributed by atoms with Crippen LogP contribution < -0.4 is 10.0 Å². The van der Waals surface area contributed by atoms with E-state index in [0.717, 1.165) is 36.2 Å². The number of nitrogens with one attached hydrogen (secondary N) is 2. The molecule has 0 aromatic heterocycles. The molecular weight excluding hydrogens is 365 g/mol. The molecule has 0 fully saturated rings. The van der Waals surface area contributed by atoms with Gasteiger partial charge in [0.05, 0.1) is 10.5 Å². The predicted molar refractivity (Wildman–Crippen MR) is 92.0 cm³/mol. The Morgan fingerprint density at radius 2 is 1.77 bits per heavy atom. The van der Waals surface area contributed by atoms with Crippen molar-refractivity contribution in [3.63, 3.8) is 0 Å². The van der Waals surface area contributed by atoms with Crippen LogP contribution in [0.2, 0.25) is 0 Å². The van der Waals surface area contributed by atoms with Crippen LogP contribution in [0, 0.1) is 0 Å². The summed E-state index contributed by atoms with van der Waals surface area (Å²) in [4.78, 5) is 0.164. The summed E-state index contributed by atoms with van der Waals surface area (Å²) >= 11 is 0. The number of hydrogen-bond acceptors (Lipinski definition) is 3. The summed E-state index contributed by atoms with van der Waals surface area (Å²) in [5, 5.41) is 3.22. The lowest BCUT2D eigenvalue weighted by molar-refractivity contribution is -0.137. The third-order valence-electron chi connectivity index (χ3n) is 4.44. The van der Waals surface area contributed by atoms with Gasteiger partial charge in [-0.3, -0.25) is 0 Å². The monoisotopic (exact) mass is 384 g/mol. The van der Waals surface area contributed by atoms with E-state index in [1.54, 1.807) is 25.1 Å². The fourth-order valence-corrected chi connectivity index (χ4v) is 4.23. The van der Waals surface area contributed by atoms with Gasteiger partial charge in [-0.15, -0.1) is 0 Å². The van der Waals surface area contributed by atoms with Crippen molar-refractivity contribution >= 4 is 10.0 Å². The van der Waals surface area contributed by atoms with Crippen molar-refractivity contribution in [1.82, 2.24) is 10.0 Å². The maximum atomic E-state index is 12.6. The Labute approximate surface area is 150 Å². The summed E-state index contributed by atoms with van der Waals surface area (Å²) in [6, 6.07) is 8.82. The highest BCUT2D eigenvalue weighted by atomic mass is 32.2. The molecule has 2 N–H and O–H groups in total. The van der Waals surface area contributed by atoms with E-state index in [0.29, 0.717) is 12.1 Å². The third-order valence-corrected chi connectivity index (χ3v) is 5.98. The molecule has 2 aromatic carbocycles. The lowest BCUT2D eigenvalue weighted by Crippen LogP contribution is -2.28. The summed E-state index contributed by atoms with van der Waals surface area (Å²) in [5.74, 6) is 0. The van der Waals surface area contributed by atoms with Crippen molar-refractivity contribution in [1.29, 1.82) is 0 Å². The summed E-state index contributed by atoms with van der Waals surface area (Å²) in [7, 11) is -3.77. The first-order chi connectivity index (χ1) is 12.2. The molecule has 1 aliphatic rings. The van der Waals surface area contributed by atoms with E-state index in [-0.39, 0.29) is 4.90 Å². The molecule has 26 heavy (non-hydrogen) atoms. The number of rotatable bonds is 4. The van der Waals surface area contributed by atoms with E-state index in [1.807, 2.05) is 0 Å². The van der Waals surface area contributed by atoms with Crippen LogP contribution in [-0.4, -0.2) is 15.0 Å². The van der Waals surface area contributed by atoms with Crippen LogP contribution in [0.3, 0.4) is 0 Å². The Bertz CT molecular complexity index is 894. The molecular formula is C18H19F3N2O2S. The minimum atomic E-state index is -4.42. The topological polar surface area (TPSA) is 58.2 Å². The quantitative estimate of drug-likeness (QED) is 0.850. The van der Waals surface area contributed by atoms with Crippen LogP contribution in [0.1, 0.15) is 35.2 Å². The standard InChI is InChI=1S/C18H19F3N2O2S/c1-12(13-2-5-16(6-3-13)18(19,20)21)23-26(24,25)17-7-4-15-11-22-9-8-14(15)10-17/h2-7,10,12,22-23H,8-9,11H2,1H3/t12-/m0/s1. The molecule has 8 heteroatoms. The Hall–Kier alpha value is -1.90. The molecule has 1 heterocycles. The number of hydrogen-bond donors (Lipinski definition) is 2. The van der Waals surface area contributed by atoms with Gasteiger partial charge in [0.2, 0.25) is 10.0 Å². The zero-order chi connectivity index (χ0) is 18.9. The van der Waals surface area contributed by atoms with Gasteiger partial charge in [-0.25, -0.2) is 13.1 Å². The van der Waals surface area contributed by atoms with E-state index in [9.17, 15) is 21.6 Å². The molecule has 0 amide bonds. The molecule has 2 aromatic rings. The first-order valence-electron chi connectivity index (χ1n) is 8.19. The number of benzene rings is 2. The van der Waals surface area contributed by atoms with Crippen molar-refractivity contribution in [2.45, 2.75) is 37.0 Å². The van der Waals surface area contributed by atoms with Gasteiger partial charge in [0.15, 0.2) is 0 Å². The lowest BCUT2D eigenvalue weighted by atomic mass is 10.0.